The average molecular weight is 798 g/mol. The monoisotopic (exact) mass is 797 g/mol. The summed E-state index contributed by atoms with van der Waals surface area (Å²) in [6.45, 7) is 0. The third kappa shape index (κ3) is 8.33. The van der Waals surface area contributed by atoms with Crippen LogP contribution in [0.2, 0.25) is 0 Å². The number of nitrogens with one attached hydrogen (secondary N) is 2. The molecule has 2 N–H and O–H groups in total. The maximum atomic E-state index is 12.7. The van der Waals surface area contributed by atoms with Crippen LogP contribution in [0.4, 0.5) is 34.1 Å². The van der Waals surface area contributed by atoms with Gasteiger partial charge in [0.05, 0.1) is 11.1 Å². The van der Waals surface area contributed by atoms with Crippen LogP contribution in [0.15, 0.2) is 206 Å². The molecule has 0 bridgehead atoms. The summed E-state index contributed by atoms with van der Waals surface area (Å²) in [6.07, 6.45) is 0. The first-order chi connectivity index (χ1) is 28.6. The molecule has 10 rings (SSSR count). The minimum absolute atomic E-state index is 0. The predicted molar refractivity (Wildman–Crippen MR) is 242 cm³/mol. The first-order valence-electron chi connectivity index (χ1n) is 18.8. The van der Waals surface area contributed by atoms with Gasteiger partial charge in [0.2, 0.25) is 11.0 Å². The van der Waals surface area contributed by atoms with Gasteiger partial charge >= 0.3 is 10.1 Å². The molecule has 10 aromatic rings. The number of para-hydroxylation sites is 6. The van der Waals surface area contributed by atoms with Gasteiger partial charge in [-0.3, -0.25) is 0 Å². The van der Waals surface area contributed by atoms with E-state index in [9.17, 15) is 10.2 Å². The van der Waals surface area contributed by atoms with Crippen molar-refractivity contribution in [2.45, 2.75) is 0 Å². The van der Waals surface area contributed by atoms with Crippen molar-refractivity contribution in [3.05, 3.63) is 206 Å². The molecule has 9 heteroatoms. The van der Waals surface area contributed by atoms with Gasteiger partial charge < -0.3 is 20.0 Å². The van der Waals surface area contributed by atoms with E-state index in [2.05, 4.69) is 80.4 Å². The number of anilines is 6. The SMILES string of the molecule is [Be+2].[O-]c1ccc(N(c2ccccc2)c2ccccc2)cc1-c1[nH+]c2ccccc2s1.[O-]c1ccc(N(c2ccccc2)c2ccccc2)cc1-c1[nH+]c2ccccc2s1. The van der Waals surface area contributed by atoms with E-state index in [4.69, 9.17) is 0 Å². The molecule has 0 aliphatic heterocycles. The quantitative estimate of drug-likeness (QED) is 0.143. The van der Waals surface area contributed by atoms with Crippen LogP contribution >= 0.6 is 22.7 Å². The van der Waals surface area contributed by atoms with E-state index in [1.807, 2.05) is 133 Å². The summed E-state index contributed by atoms with van der Waals surface area (Å²) in [6, 6.07) is 68.0. The van der Waals surface area contributed by atoms with Gasteiger partial charge in [0.1, 0.15) is 9.40 Å². The van der Waals surface area contributed by atoms with Crippen LogP contribution in [-0.2, 0) is 0 Å². The van der Waals surface area contributed by atoms with E-state index in [0.717, 1.165) is 64.6 Å². The molecule has 2 aromatic heterocycles. The Morgan fingerprint density at radius 2 is 0.644 bits per heavy atom. The number of benzene rings is 8. The van der Waals surface area contributed by atoms with E-state index in [0.29, 0.717) is 11.1 Å². The molecule has 8 aromatic carbocycles. The standard InChI is InChI=1S/2C25H18N2OS.Be/c2*28-23-16-15-20(17-21(23)25-26-22-13-7-8-14-24(22)29-25)27(18-9-3-1-4-10-18)19-11-5-2-6-12-19;/h2*1-17,28H;/q;;+2. The van der Waals surface area contributed by atoms with Crippen LogP contribution in [0.25, 0.3) is 41.6 Å². The van der Waals surface area contributed by atoms with E-state index in [1.54, 1.807) is 34.8 Å². The summed E-state index contributed by atoms with van der Waals surface area (Å²) >= 11 is 3.21. The smallest absolute Gasteiger partial charge is 0.872 e. The van der Waals surface area contributed by atoms with Gasteiger partial charge in [-0.2, -0.15) is 9.97 Å². The number of nitrogens with zero attached hydrogens (tertiary/aromatic N) is 2. The van der Waals surface area contributed by atoms with Crippen molar-refractivity contribution in [3.8, 4) is 32.6 Å². The molecule has 0 radical (unpaired) electrons. The van der Waals surface area contributed by atoms with Crippen molar-refractivity contribution in [2.24, 2.45) is 0 Å². The van der Waals surface area contributed by atoms with Crippen molar-refractivity contribution in [3.63, 3.8) is 0 Å². The maximum absolute atomic E-state index is 12.7. The van der Waals surface area contributed by atoms with E-state index in [-0.39, 0.29) is 21.6 Å². The third-order valence-electron chi connectivity index (χ3n) is 9.68. The Hall–Kier alpha value is -7.09. The van der Waals surface area contributed by atoms with Crippen molar-refractivity contribution >= 4 is 87.4 Å². The summed E-state index contributed by atoms with van der Waals surface area (Å²) in [5, 5.41) is 27.2. The van der Waals surface area contributed by atoms with Crippen molar-refractivity contribution < 1.29 is 20.2 Å². The second-order valence-corrected chi connectivity index (χ2v) is 15.6. The van der Waals surface area contributed by atoms with Gasteiger partial charge in [0, 0.05) is 46.3 Å². The largest absolute Gasteiger partial charge is 2.00 e. The van der Waals surface area contributed by atoms with Gasteiger partial charge in [-0.1, -0.05) is 143 Å². The first kappa shape index (κ1) is 38.8. The molecule has 0 atom stereocenters. The fraction of sp³-hybridized carbons (Fsp3) is 0. The Kier molecular flexibility index (Phi) is 11.6. The molecule has 0 saturated heterocycles. The van der Waals surface area contributed by atoms with E-state index >= 15 is 0 Å². The molecule has 0 unspecified atom stereocenters. The molecule has 0 spiro atoms. The summed E-state index contributed by atoms with van der Waals surface area (Å²) in [5.41, 5.74) is 9.52. The van der Waals surface area contributed by atoms with Crippen LogP contribution in [-0.4, -0.2) is 10.1 Å². The zero-order valence-electron chi connectivity index (χ0n) is 31.9. The number of H-pyrrole nitrogens is 2. The molecule has 0 saturated carbocycles. The van der Waals surface area contributed by atoms with Crippen LogP contribution in [0.1, 0.15) is 0 Å². The second-order valence-electron chi connectivity index (χ2n) is 13.5. The van der Waals surface area contributed by atoms with Crippen molar-refractivity contribution in [1.82, 2.24) is 0 Å². The molecule has 280 valence electrons. The van der Waals surface area contributed by atoms with Crippen LogP contribution in [0.5, 0.6) is 11.5 Å². The Morgan fingerprint density at radius 1 is 0.339 bits per heavy atom. The number of aromatic amines is 2. The zero-order valence-corrected chi connectivity index (χ0v) is 33.5. The molecule has 59 heavy (non-hydrogen) atoms. The number of hydrogen-bond acceptors (Lipinski definition) is 6. The number of fused-ring (bicyclic) bond motifs is 2. The minimum Gasteiger partial charge on any atom is -0.872 e. The number of hydrogen-bond donors (Lipinski definition) is 0. The van der Waals surface area contributed by atoms with Crippen LogP contribution in [0, 0.1) is 0 Å². The summed E-state index contributed by atoms with van der Waals surface area (Å²) in [4.78, 5) is 11.1. The maximum Gasteiger partial charge on any atom is 2.00 e. The molecule has 0 aliphatic rings. The molecule has 0 fully saturated rings. The van der Waals surface area contributed by atoms with Gasteiger partial charge in [-0.05, 0) is 84.9 Å². The van der Waals surface area contributed by atoms with E-state index in [1.165, 1.54) is 0 Å². The molecule has 0 aliphatic carbocycles. The molecule has 0 amide bonds. The van der Waals surface area contributed by atoms with Crippen molar-refractivity contribution in [1.29, 1.82) is 0 Å². The molecular formula is C50H36BeN4O2S2+2. The summed E-state index contributed by atoms with van der Waals surface area (Å²) in [7, 11) is 0. The van der Waals surface area contributed by atoms with Crippen LogP contribution < -0.4 is 30.0 Å². The summed E-state index contributed by atoms with van der Waals surface area (Å²) in [5.74, 6) is 0.0234. The van der Waals surface area contributed by atoms with E-state index < -0.39 is 0 Å². The van der Waals surface area contributed by atoms with Gasteiger partial charge in [-0.25, -0.2) is 0 Å². The Bertz CT molecular complexity index is 2600. The first-order valence-corrected chi connectivity index (χ1v) is 20.5. The fourth-order valence-corrected chi connectivity index (χ4v) is 9.00. The number of aromatic nitrogens is 2. The second kappa shape index (κ2) is 17.6. The topological polar surface area (TPSA) is 80.9 Å². The molecule has 2 heterocycles. The Morgan fingerprint density at radius 3 is 0.966 bits per heavy atom. The average Bonchev–Trinajstić information content (AvgIpc) is 3.92. The number of rotatable bonds is 8. The number of thiazole rings is 2. The van der Waals surface area contributed by atoms with Gasteiger partial charge in [-0.15, -0.1) is 0 Å². The summed E-state index contributed by atoms with van der Waals surface area (Å²) < 4.78 is 2.27. The normalized spacial score (nSPS) is 10.7. The molecular weight excluding hydrogens is 762 g/mol. The Balaban J connectivity index is 0.000000161. The van der Waals surface area contributed by atoms with Gasteiger partial charge in [0.25, 0.3) is 10.0 Å². The molecule has 6 nitrogen and oxygen atoms in total. The van der Waals surface area contributed by atoms with Crippen LogP contribution in [0.3, 0.4) is 0 Å². The fourth-order valence-electron chi connectivity index (χ4n) is 6.95. The third-order valence-corrected chi connectivity index (χ3v) is 11.9. The minimum atomic E-state index is 0. The Labute approximate surface area is 354 Å². The zero-order chi connectivity index (χ0) is 39.3. The predicted octanol–water partition coefficient (Wildman–Crippen LogP) is 11.5. The van der Waals surface area contributed by atoms with Gasteiger partial charge in [0.15, 0.2) is 0 Å². The van der Waals surface area contributed by atoms with Crippen molar-refractivity contribution in [2.75, 3.05) is 9.80 Å².